The highest BCUT2D eigenvalue weighted by Crippen LogP contribution is 2.22. The highest BCUT2D eigenvalue weighted by molar-refractivity contribution is 7.14. The van der Waals surface area contributed by atoms with Crippen LogP contribution in [0.25, 0.3) is 0 Å². The van der Waals surface area contributed by atoms with Crippen molar-refractivity contribution in [2.45, 2.75) is 6.54 Å². The van der Waals surface area contributed by atoms with E-state index in [1.54, 1.807) is 0 Å². The summed E-state index contributed by atoms with van der Waals surface area (Å²) in [5.41, 5.74) is 1.28. The molecule has 0 spiro atoms. The average molecular weight is 314 g/mol. The van der Waals surface area contributed by atoms with Gasteiger partial charge in [0.2, 0.25) is 0 Å². The van der Waals surface area contributed by atoms with E-state index in [2.05, 4.69) is 61.9 Å². The van der Waals surface area contributed by atoms with E-state index >= 15 is 0 Å². The summed E-state index contributed by atoms with van der Waals surface area (Å²) in [6, 6.07) is 14.8. The van der Waals surface area contributed by atoms with Crippen molar-refractivity contribution in [3.8, 4) is 0 Å². The van der Waals surface area contributed by atoms with Crippen LogP contribution in [0.5, 0.6) is 0 Å². The minimum absolute atomic E-state index is 0.818. The molecule has 22 heavy (non-hydrogen) atoms. The maximum Gasteiger partial charge on any atom is 0.194 e. The quantitative estimate of drug-likeness (QED) is 0.698. The molecule has 2 aromatic rings. The number of aliphatic imine (C=N–C) groups is 1. The summed E-state index contributed by atoms with van der Waals surface area (Å²) >= 11 is 1.81. The molecule has 5 heteroatoms. The van der Waals surface area contributed by atoms with E-state index in [1.807, 2.05) is 24.5 Å². The standard InChI is InChI=1S/C17H22N4S/c1-18-17(19-14-15-6-3-2-4-7-15)21-11-9-20(10-12-21)16-8-5-13-22-16/h2-8,13H,9-12,14H2,1H3,(H,18,19). The van der Waals surface area contributed by atoms with Crippen LogP contribution in [0.2, 0.25) is 0 Å². The molecule has 0 unspecified atom stereocenters. The van der Waals surface area contributed by atoms with E-state index in [-0.39, 0.29) is 0 Å². The molecule has 1 aliphatic heterocycles. The predicted molar refractivity (Wildman–Crippen MR) is 94.7 cm³/mol. The van der Waals surface area contributed by atoms with Crippen LogP contribution in [-0.2, 0) is 6.54 Å². The Labute approximate surface area is 136 Å². The van der Waals surface area contributed by atoms with Gasteiger partial charge in [-0.15, -0.1) is 11.3 Å². The number of rotatable bonds is 3. The fourth-order valence-corrected chi connectivity index (χ4v) is 3.48. The molecule has 3 rings (SSSR count). The third-order valence-corrected chi connectivity index (χ3v) is 4.83. The van der Waals surface area contributed by atoms with Crippen LogP contribution < -0.4 is 10.2 Å². The highest BCUT2D eigenvalue weighted by Gasteiger charge is 2.20. The van der Waals surface area contributed by atoms with E-state index in [9.17, 15) is 0 Å². The minimum Gasteiger partial charge on any atom is -0.360 e. The van der Waals surface area contributed by atoms with E-state index in [0.717, 1.165) is 38.7 Å². The second kappa shape index (κ2) is 7.31. The average Bonchev–Trinajstić information content (AvgIpc) is 3.11. The molecule has 4 nitrogen and oxygen atoms in total. The van der Waals surface area contributed by atoms with Crippen molar-refractivity contribution in [1.29, 1.82) is 0 Å². The molecule has 1 aliphatic rings. The summed E-state index contributed by atoms with van der Waals surface area (Å²) in [6.07, 6.45) is 0. The van der Waals surface area contributed by atoms with Gasteiger partial charge in [-0.25, -0.2) is 0 Å². The second-order valence-electron chi connectivity index (χ2n) is 5.31. The van der Waals surface area contributed by atoms with Crippen LogP contribution in [0, 0.1) is 0 Å². The molecule has 0 radical (unpaired) electrons. The summed E-state index contributed by atoms with van der Waals surface area (Å²) in [7, 11) is 1.86. The summed E-state index contributed by atoms with van der Waals surface area (Å²) in [5, 5.41) is 6.97. The van der Waals surface area contributed by atoms with Crippen molar-refractivity contribution in [2.75, 3.05) is 38.1 Å². The largest absolute Gasteiger partial charge is 0.360 e. The zero-order valence-corrected chi connectivity index (χ0v) is 13.7. The summed E-state index contributed by atoms with van der Waals surface area (Å²) in [6.45, 7) is 4.93. The Morgan fingerprint density at radius 1 is 1.09 bits per heavy atom. The molecule has 1 aromatic heterocycles. The number of benzene rings is 1. The van der Waals surface area contributed by atoms with Gasteiger partial charge in [0.05, 0.1) is 5.00 Å². The molecule has 0 amide bonds. The molecule has 0 saturated carbocycles. The van der Waals surface area contributed by atoms with Crippen LogP contribution >= 0.6 is 11.3 Å². The van der Waals surface area contributed by atoms with Gasteiger partial charge in [0, 0.05) is 39.8 Å². The Morgan fingerprint density at radius 3 is 2.50 bits per heavy atom. The lowest BCUT2D eigenvalue weighted by Crippen LogP contribution is -2.52. The Bertz CT molecular complexity index is 586. The van der Waals surface area contributed by atoms with Crippen LogP contribution in [0.3, 0.4) is 0 Å². The van der Waals surface area contributed by atoms with Gasteiger partial charge in [-0.05, 0) is 23.1 Å². The van der Waals surface area contributed by atoms with Crippen molar-refractivity contribution in [3.05, 3.63) is 53.4 Å². The Hall–Kier alpha value is -2.01. The van der Waals surface area contributed by atoms with Gasteiger partial charge in [0.25, 0.3) is 0 Å². The summed E-state index contributed by atoms with van der Waals surface area (Å²) in [4.78, 5) is 9.22. The number of nitrogens with zero attached hydrogens (tertiary/aromatic N) is 3. The number of piperazine rings is 1. The Kier molecular flexibility index (Phi) is 4.96. The third kappa shape index (κ3) is 3.60. The number of anilines is 1. The molecule has 1 fully saturated rings. The lowest BCUT2D eigenvalue weighted by atomic mass is 10.2. The van der Waals surface area contributed by atoms with Crippen molar-refractivity contribution in [1.82, 2.24) is 10.2 Å². The topological polar surface area (TPSA) is 30.9 Å². The first-order chi connectivity index (χ1) is 10.9. The Morgan fingerprint density at radius 2 is 1.86 bits per heavy atom. The Balaban J connectivity index is 1.52. The molecule has 2 heterocycles. The smallest absolute Gasteiger partial charge is 0.194 e. The highest BCUT2D eigenvalue weighted by atomic mass is 32.1. The number of hydrogen-bond acceptors (Lipinski definition) is 3. The number of hydrogen-bond donors (Lipinski definition) is 1. The SMILES string of the molecule is CN=C(NCc1ccccc1)N1CCN(c2cccs2)CC1. The lowest BCUT2D eigenvalue weighted by molar-refractivity contribution is 0.373. The van der Waals surface area contributed by atoms with Gasteiger partial charge in [-0.3, -0.25) is 4.99 Å². The van der Waals surface area contributed by atoms with Gasteiger partial charge >= 0.3 is 0 Å². The van der Waals surface area contributed by atoms with Gasteiger partial charge in [0.1, 0.15) is 0 Å². The maximum absolute atomic E-state index is 4.43. The van der Waals surface area contributed by atoms with Gasteiger partial charge in [-0.1, -0.05) is 30.3 Å². The molecule has 0 atom stereocenters. The first-order valence-electron chi connectivity index (χ1n) is 7.65. The molecular formula is C17H22N4S. The first-order valence-corrected chi connectivity index (χ1v) is 8.53. The van der Waals surface area contributed by atoms with Gasteiger partial charge in [-0.2, -0.15) is 0 Å². The number of nitrogens with one attached hydrogen (secondary N) is 1. The zero-order chi connectivity index (χ0) is 15.2. The van der Waals surface area contributed by atoms with E-state index in [4.69, 9.17) is 0 Å². The zero-order valence-electron chi connectivity index (χ0n) is 12.9. The molecule has 1 aromatic carbocycles. The van der Waals surface area contributed by atoms with E-state index in [0.29, 0.717) is 0 Å². The van der Waals surface area contributed by atoms with Crippen molar-refractivity contribution in [2.24, 2.45) is 4.99 Å². The molecule has 0 aliphatic carbocycles. The van der Waals surface area contributed by atoms with Crippen LogP contribution in [0.4, 0.5) is 5.00 Å². The second-order valence-corrected chi connectivity index (χ2v) is 6.24. The minimum atomic E-state index is 0.818. The summed E-state index contributed by atoms with van der Waals surface area (Å²) < 4.78 is 0. The maximum atomic E-state index is 4.43. The van der Waals surface area contributed by atoms with Crippen LogP contribution in [0.1, 0.15) is 5.56 Å². The van der Waals surface area contributed by atoms with Crippen molar-refractivity contribution in [3.63, 3.8) is 0 Å². The predicted octanol–water partition coefficient (Wildman–Crippen LogP) is 2.65. The van der Waals surface area contributed by atoms with E-state index < -0.39 is 0 Å². The molecule has 1 saturated heterocycles. The van der Waals surface area contributed by atoms with Crippen LogP contribution in [0.15, 0.2) is 52.8 Å². The number of guanidine groups is 1. The normalized spacial score (nSPS) is 16.0. The lowest BCUT2D eigenvalue weighted by Gasteiger charge is -2.37. The van der Waals surface area contributed by atoms with Crippen molar-refractivity contribution >= 4 is 22.3 Å². The fourth-order valence-electron chi connectivity index (χ4n) is 2.70. The van der Waals surface area contributed by atoms with Gasteiger partial charge < -0.3 is 15.1 Å². The van der Waals surface area contributed by atoms with E-state index in [1.165, 1.54) is 10.6 Å². The monoisotopic (exact) mass is 314 g/mol. The molecule has 1 N–H and O–H groups in total. The molecule has 0 bridgehead atoms. The molecule has 116 valence electrons. The number of thiophene rings is 1. The van der Waals surface area contributed by atoms with Crippen molar-refractivity contribution < 1.29 is 0 Å². The summed E-state index contributed by atoms with van der Waals surface area (Å²) in [5.74, 6) is 0.995. The first kappa shape index (κ1) is 14.9. The van der Waals surface area contributed by atoms with Gasteiger partial charge in [0.15, 0.2) is 5.96 Å². The molecular weight excluding hydrogens is 292 g/mol. The van der Waals surface area contributed by atoms with Crippen LogP contribution in [-0.4, -0.2) is 44.1 Å². The fraction of sp³-hybridized carbons (Fsp3) is 0.353. The third-order valence-electron chi connectivity index (χ3n) is 3.90.